The Labute approximate surface area is 94.7 Å². The van der Waals surface area contributed by atoms with Gasteiger partial charge in [0.05, 0.1) is 7.11 Å². The van der Waals surface area contributed by atoms with E-state index in [9.17, 15) is 0 Å². The van der Waals surface area contributed by atoms with E-state index in [1.165, 1.54) is 0 Å². The Balaban J connectivity index is 2.43. The van der Waals surface area contributed by atoms with Crippen molar-refractivity contribution in [1.29, 1.82) is 0 Å². The molecule has 84 valence electrons. The molecule has 0 unspecified atom stereocenters. The van der Waals surface area contributed by atoms with Crippen molar-refractivity contribution in [3.8, 4) is 5.75 Å². The lowest BCUT2D eigenvalue weighted by Crippen LogP contribution is -1.94. The van der Waals surface area contributed by atoms with Gasteiger partial charge in [-0.2, -0.15) is 0 Å². The average molecular weight is 217 g/mol. The number of aryl methyl sites for hydroxylation is 1. The normalized spacial score (nSPS) is 10.6. The largest absolute Gasteiger partial charge is 0.497 e. The van der Waals surface area contributed by atoms with Gasteiger partial charge in [-0.1, -0.05) is 0 Å². The monoisotopic (exact) mass is 217 g/mol. The molecule has 0 aliphatic carbocycles. The van der Waals surface area contributed by atoms with Crippen LogP contribution in [0, 0.1) is 0 Å². The lowest BCUT2D eigenvalue weighted by Gasteiger charge is -2.06. The Morgan fingerprint density at radius 1 is 1.31 bits per heavy atom. The van der Waals surface area contributed by atoms with Gasteiger partial charge in [-0.15, -0.1) is 0 Å². The molecule has 1 N–H and O–H groups in total. The lowest BCUT2D eigenvalue weighted by atomic mass is 10.1. The van der Waals surface area contributed by atoms with Crippen LogP contribution in [-0.4, -0.2) is 23.8 Å². The molecular weight excluding hydrogens is 202 g/mol. The standard InChI is InChI=1S/C13H15NO2/c1-16-11-4-5-12-10(9-11)6-7-14-13(12)3-2-8-15/h4-7,9,15H,2-3,8H2,1H3. The highest BCUT2D eigenvalue weighted by Crippen LogP contribution is 2.22. The highest BCUT2D eigenvalue weighted by Gasteiger charge is 2.03. The quantitative estimate of drug-likeness (QED) is 0.853. The maximum absolute atomic E-state index is 8.83. The van der Waals surface area contributed by atoms with Crippen LogP contribution in [0.25, 0.3) is 10.8 Å². The molecule has 0 saturated carbocycles. The zero-order valence-corrected chi connectivity index (χ0v) is 9.31. The summed E-state index contributed by atoms with van der Waals surface area (Å²) in [4.78, 5) is 4.35. The van der Waals surface area contributed by atoms with Gasteiger partial charge in [-0.25, -0.2) is 0 Å². The van der Waals surface area contributed by atoms with Crippen molar-refractivity contribution in [2.24, 2.45) is 0 Å². The maximum atomic E-state index is 8.83. The van der Waals surface area contributed by atoms with Gasteiger partial charge in [-0.3, -0.25) is 4.98 Å². The molecule has 1 aromatic carbocycles. The first kappa shape index (κ1) is 10.9. The molecule has 0 bridgehead atoms. The molecule has 0 fully saturated rings. The van der Waals surface area contributed by atoms with E-state index >= 15 is 0 Å². The van der Waals surface area contributed by atoms with Crippen molar-refractivity contribution in [3.05, 3.63) is 36.2 Å². The number of aliphatic hydroxyl groups is 1. The van der Waals surface area contributed by atoms with Gasteiger partial charge in [-0.05, 0) is 42.5 Å². The van der Waals surface area contributed by atoms with Crippen LogP contribution in [0.1, 0.15) is 12.1 Å². The second kappa shape index (κ2) is 4.94. The van der Waals surface area contributed by atoms with Crippen LogP contribution in [0.15, 0.2) is 30.5 Å². The first-order valence-electron chi connectivity index (χ1n) is 5.37. The summed E-state index contributed by atoms with van der Waals surface area (Å²) in [5, 5.41) is 11.1. The van der Waals surface area contributed by atoms with Crippen molar-refractivity contribution < 1.29 is 9.84 Å². The van der Waals surface area contributed by atoms with E-state index < -0.39 is 0 Å². The predicted octanol–water partition coefficient (Wildman–Crippen LogP) is 2.17. The van der Waals surface area contributed by atoms with Gasteiger partial charge in [0.25, 0.3) is 0 Å². The number of nitrogens with zero attached hydrogens (tertiary/aromatic N) is 1. The minimum atomic E-state index is 0.203. The molecule has 2 rings (SSSR count). The van der Waals surface area contributed by atoms with Crippen molar-refractivity contribution in [2.75, 3.05) is 13.7 Å². The van der Waals surface area contributed by atoms with Crippen LogP contribution in [0.5, 0.6) is 5.75 Å². The highest BCUT2D eigenvalue weighted by atomic mass is 16.5. The van der Waals surface area contributed by atoms with Crippen LogP contribution in [0.2, 0.25) is 0 Å². The summed E-state index contributed by atoms with van der Waals surface area (Å²) in [5.41, 5.74) is 1.04. The topological polar surface area (TPSA) is 42.4 Å². The number of hydrogen-bond donors (Lipinski definition) is 1. The highest BCUT2D eigenvalue weighted by molar-refractivity contribution is 5.85. The molecule has 0 radical (unpaired) electrons. The molecule has 1 aromatic heterocycles. The van der Waals surface area contributed by atoms with E-state index in [1.54, 1.807) is 13.3 Å². The number of benzene rings is 1. The van der Waals surface area contributed by atoms with Gasteiger partial charge in [0, 0.05) is 23.9 Å². The van der Waals surface area contributed by atoms with Crippen molar-refractivity contribution in [2.45, 2.75) is 12.8 Å². The zero-order valence-electron chi connectivity index (χ0n) is 9.31. The summed E-state index contributed by atoms with van der Waals surface area (Å²) in [5.74, 6) is 0.854. The number of aliphatic hydroxyl groups excluding tert-OH is 1. The fourth-order valence-electron chi connectivity index (χ4n) is 1.79. The Morgan fingerprint density at radius 3 is 2.94 bits per heavy atom. The van der Waals surface area contributed by atoms with E-state index in [2.05, 4.69) is 4.98 Å². The fraction of sp³-hybridized carbons (Fsp3) is 0.308. The summed E-state index contributed by atoms with van der Waals surface area (Å²) in [6.07, 6.45) is 3.35. The smallest absolute Gasteiger partial charge is 0.119 e. The summed E-state index contributed by atoms with van der Waals surface area (Å²) in [7, 11) is 1.66. The first-order valence-corrected chi connectivity index (χ1v) is 5.37. The number of hydrogen-bond acceptors (Lipinski definition) is 3. The molecule has 0 spiro atoms. The summed E-state index contributed by atoms with van der Waals surface area (Å²) >= 11 is 0. The van der Waals surface area contributed by atoms with Gasteiger partial charge >= 0.3 is 0 Å². The Morgan fingerprint density at radius 2 is 2.19 bits per heavy atom. The van der Waals surface area contributed by atoms with E-state index in [-0.39, 0.29) is 6.61 Å². The lowest BCUT2D eigenvalue weighted by molar-refractivity contribution is 0.288. The Bertz CT molecular complexity index is 482. The molecule has 0 aliphatic rings. The van der Waals surface area contributed by atoms with Crippen LogP contribution < -0.4 is 4.74 Å². The SMILES string of the molecule is COc1ccc2c(CCCO)nccc2c1. The van der Waals surface area contributed by atoms with E-state index in [1.807, 2.05) is 24.3 Å². The predicted molar refractivity (Wildman–Crippen MR) is 63.7 cm³/mol. The van der Waals surface area contributed by atoms with Gasteiger partial charge in [0.2, 0.25) is 0 Å². The molecule has 16 heavy (non-hydrogen) atoms. The number of pyridine rings is 1. The average Bonchev–Trinajstić information content (AvgIpc) is 2.35. The molecule has 0 atom stereocenters. The third-order valence-electron chi connectivity index (χ3n) is 2.63. The minimum Gasteiger partial charge on any atom is -0.497 e. The maximum Gasteiger partial charge on any atom is 0.119 e. The van der Waals surface area contributed by atoms with Crippen LogP contribution in [-0.2, 0) is 6.42 Å². The van der Waals surface area contributed by atoms with Crippen LogP contribution in [0.4, 0.5) is 0 Å². The third-order valence-corrected chi connectivity index (χ3v) is 2.63. The van der Waals surface area contributed by atoms with Crippen molar-refractivity contribution in [3.63, 3.8) is 0 Å². The fourth-order valence-corrected chi connectivity index (χ4v) is 1.79. The van der Waals surface area contributed by atoms with E-state index in [0.29, 0.717) is 0 Å². The molecule has 3 nitrogen and oxygen atoms in total. The minimum absolute atomic E-state index is 0.203. The molecule has 0 saturated heterocycles. The van der Waals surface area contributed by atoms with Crippen molar-refractivity contribution in [1.82, 2.24) is 4.98 Å². The van der Waals surface area contributed by atoms with Gasteiger partial charge in [0.1, 0.15) is 5.75 Å². The molecule has 0 aliphatic heterocycles. The second-order valence-electron chi connectivity index (χ2n) is 3.67. The first-order chi connectivity index (χ1) is 7.85. The number of ether oxygens (including phenoxy) is 1. The molecular formula is C13H15NO2. The van der Waals surface area contributed by atoms with E-state index in [0.717, 1.165) is 35.1 Å². The number of aromatic nitrogens is 1. The Kier molecular flexibility index (Phi) is 3.37. The molecule has 3 heteroatoms. The molecule has 1 heterocycles. The number of fused-ring (bicyclic) bond motifs is 1. The Hall–Kier alpha value is -1.61. The summed E-state index contributed by atoms with van der Waals surface area (Å²) in [6.45, 7) is 0.203. The summed E-state index contributed by atoms with van der Waals surface area (Å²) in [6, 6.07) is 7.93. The second-order valence-corrected chi connectivity index (χ2v) is 3.67. The molecule has 0 amide bonds. The third kappa shape index (κ3) is 2.14. The van der Waals surface area contributed by atoms with Gasteiger partial charge in [0.15, 0.2) is 0 Å². The van der Waals surface area contributed by atoms with Crippen molar-refractivity contribution >= 4 is 10.8 Å². The van der Waals surface area contributed by atoms with Gasteiger partial charge < -0.3 is 9.84 Å². The van der Waals surface area contributed by atoms with E-state index in [4.69, 9.17) is 9.84 Å². The van der Waals surface area contributed by atoms with Crippen LogP contribution in [0.3, 0.4) is 0 Å². The van der Waals surface area contributed by atoms with Crippen LogP contribution >= 0.6 is 0 Å². The summed E-state index contributed by atoms with van der Waals surface area (Å²) < 4.78 is 5.18. The number of rotatable bonds is 4. The molecule has 2 aromatic rings. The number of methoxy groups -OCH3 is 1. The zero-order chi connectivity index (χ0) is 11.4.